The van der Waals surface area contributed by atoms with E-state index in [2.05, 4.69) is 5.06 Å². The summed E-state index contributed by atoms with van der Waals surface area (Å²) in [7, 11) is 0. The second-order valence-corrected chi connectivity index (χ2v) is 4.45. The molecule has 4 nitrogen and oxygen atoms in total. The van der Waals surface area contributed by atoms with Crippen molar-refractivity contribution in [1.82, 2.24) is 5.06 Å². The highest BCUT2D eigenvalue weighted by Gasteiger charge is 2.14. The Morgan fingerprint density at radius 3 is 2.76 bits per heavy atom. The highest BCUT2D eigenvalue weighted by Crippen LogP contribution is 2.32. The minimum atomic E-state index is 0.325. The molecule has 0 bridgehead atoms. The van der Waals surface area contributed by atoms with Crippen molar-refractivity contribution in [2.45, 2.75) is 25.9 Å². The second-order valence-electron chi connectivity index (χ2n) is 4.45. The van der Waals surface area contributed by atoms with Gasteiger partial charge in [0.05, 0.1) is 6.61 Å². The number of hydrogen-bond acceptors (Lipinski definition) is 4. The normalized spacial score (nSPS) is 19.5. The molecule has 2 aliphatic rings. The average Bonchev–Trinajstić information content (AvgIpc) is 2.85. The standard InChI is InChI=1S/C13H17NO3/c1-2-6-14(7-3-1)17-9-11-4-5-12-13(8-11)16-10-15-12/h4-5,8H,1-3,6-7,9-10H2. The van der Waals surface area contributed by atoms with Crippen molar-refractivity contribution in [2.24, 2.45) is 0 Å². The lowest BCUT2D eigenvalue weighted by molar-refractivity contribution is -0.178. The van der Waals surface area contributed by atoms with Gasteiger partial charge in [-0.3, -0.25) is 4.84 Å². The van der Waals surface area contributed by atoms with E-state index in [0.29, 0.717) is 13.4 Å². The van der Waals surface area contributed by atoms with Crippen LogP contribution in [0.2, 0.25) is 0 Å². The van der Waals surface area contributed by atoms with Crippen molar-refractivity contribution in [3.63, 3.8) is 0 Å². The van der Waals surface area contributed by atoms with Gasteiger partial charge in [-0.1, -0.05) is 12.5 Å². The smallest absolute Gasteiger partial charge is 0.231 e. The van der Waals surface area contributed by atoms with Crippen LogP contribution in [0.4, 0.5) is 0 Å². The Morgan fingerprint density at radius 2 is 1.88 bits per heavy atom. The fraction of sp³-hybridized carbons (Fsp3) is 0.538. The Hall–Kier alpha value is -1.26. The molecule has 0 radical (unpaired) electrons. The zero-order chi connectivity index (χ0) is 11.5. The lowest BCUT2D eigenvalue weighted by atomic mass is 10.2. The summed E-state index contributed by atoms with van der Waals surface area (Å²) in [5, 5.41) is 2.06. The summed E-state index contributed by atoms with van der Waals surface area (Å²) in [6, 6.07) is 5.96. The van der Waals surface area contributed by atoms with Gasteiger partial charge in [0.15, 0.2) is 11.5 Å². The molecule has 0 spiro atoms. The quantitative estimate of drug-likeness (QED) is 0.804. The van der Waals surface area contributed by atoms with Crippen LogP contribution in [0.5, 0.6) is 11.5 Å². The van der Waals surface area contributed by atoms with E-state index >= 15 is 0 Å². The van der Waals surface area contributed by atoms with Crippen molar-refractivity contribution < 1.29 is 14.3 Å². The summed E-state index contributed by atoms with van der Waals surface area (Å²) in [6.45, 7) is 3.03. The molecule has 1 aromatic rings. The zero-order valence-corrected chi connectivity index (χ0v) is 9.85. The molecule has 1 aromatic carbocycles. The fourth-order valence-corrected chi connectivity index (χ4v) is 2.19. The minimum Gasteiger partial charge on any atom is -0.454 e. The maximum atomic E-state index is 5.77. The van der Waals surface area contributed by atoms with Crippen molar-refractivity contribution in [3.05, 3.63) is 23.8 Å². The molecule has 1 saturated heterocycles. The summed E-state index contributed by atoms with van der Waals surface area (Å²) in [5.41, 5.74) is 1.12. The monoisotopic (exact) mass is 235 g/mol. The Balaban J connectivity index is 1.57. The van der Waals surface area contributed by atoms with Crippen LogP contribution in [-0.4, -0.2) is 24.9 Å². The number of benzene rings is 1. The van der Waals surface area contributed by atoms with Gasteiger partial charge in [0, 0.05) is 13.1 Å². The molecule has 0 N–H and O–H groups in total. The summed E-state index contributed by atoms with van der Waals surface area (Å²) in [6.07, 6.45) is 3.80. The molecule has 2 heterocycles. The zero-order valence-electron chi connectivity index (χ0n) is 9.85. The lowest BCUT2D eigenvalue weighted by Crippen LogP contribution is -2.29. The number of hydroxylamine groups is 2. The predicted molar refractivity (Wildman–Crippen MR) is 62.8 cm³/mol. The first-order valence-corrected chi connectivity index (χ1v) is 6.18. The van der Waals surface area contributed by atoms with Gasteiger partial charge < -0.3 is 9.47 Å². The van der Waals surface area contributed by atoms with Gasteiger partial charge >= 0.3 is 0 Å². The van der Waals surface area contributed by atoms with Crippen LogP contribution in [0, 0.1) is 0 Å². The maximum Gasteiger partial charge on any atom is 0.231 e. The highest BCUT2D eigenvalue weighted by atomic mass is 16.7. The van der Waals surface area contributed by atoms with Gasteiger partial charge in [-0.25, -0.2) is 0 Å². The average molecular weight is 235 g/mol. The second kappa shape index (κ2) is 4.94. The van der Waals surface area contributed by atoms with Gasteiger partial charge in [0.2, 0.25) is 6.79 Å². The molecule has 92 valence electrons. The molecular formula is C13H17NO3. The maximum absolute atomic E-state index is 5.77. The van der Waals surface area contributed by atoms with Gasteiger partial charge in [-0.15, -0.1) is 0 Å². The van der Waals surface area contributed by atoms with Crippen LogP contribution in [0.3, 0.4) is 0 Å². The first-order valence-electron chi connectivity index (χ1n) is 6.18. The predicted octanol–water partition coefficient (Wildman–Crippen LogP) is 2.33. The van der Waals surface area contributed by atoms with E-state index in [1.807, 2.05) is 18.2 Å². The largest absolute Gasteiger partial charge is 0.454 e. The number of hydrogen-bond donors (Lipinski definition) is 0. The van der Waals surface area contributed by atoms with E-state index in [9.17, 15) is 0 Å². The van der Waals surface area contributed by atoms with E-state index in [1.54, 1.807) is 0 Å². The molecule has 0 aliphatic carbocycles. The van der Waals surface area contributed by atoms with Gasteiger partial charge in [0.1, 0.15) is 0 Å². The van der Waals surface area contributed by atoms with Crippen molar-refractivity contribution >= 4 is 0 Å². The lowest BCUT2D eigenvalue weighted by Gasteiger charge is -2.25. The number of rotatable bonds is 3. The van der Waals surface area contributed by atoms with Gasteiger partial charge in [-0.05, 0) is 30.5 Å². The number of nitrogens with zero attached hydrogens (tertiary/aromatic N) is 1. The number of fused-ring (bicyclic) bond motifs is 1. The molecule has 0 amide bonds. The van der Waals surface area contributed by atoms with Crippen molar-refractivity contribution in [3.8, 4) is 11.5 Å². The molecule has 17 heavy (non-hydrogen) atoms. The van der Waals surface area contributed by atoms with Crippen LogP contribution in [0.1, 0.15) is 24.8 Å². The number of piperidine rings is 1. The SMILES string of the molecule is c1cc2c(cc1CON1CCCCC1)OCO2. The summed E-state index contributed by atoms with van der Waals surface area (Å²) in [5.74, 6) is 1.65. The first kappa shape index (κ1) is 10.9. The fourth-order valence-electron chi connectivity index (χ4n) is 2.19. The summed E-state index contributed by atoms with van der Waals surface area (Å²) in [4.78, 5) is 5.77. The van der Waals surface area contributed by atoms with Crippen molar-refractivity contribution in [1.29, 1.82) is 0 Å². The minimum absolute atomic E-state index is 0.325. The van der Waals surface area contributed by atoms with Crippen LogP contribution < -0.4 is 9.47 Å². The van der Waals surface area contributed by atoms with Gasteiger partial charge in [-0.2, -0.15) is 5.06 Å². The molecule has 4 heteroatoms. The van der Waals surface area contributed by atoms with E-state index in [-0.39, 0.29) is 0 Å². The van der Waals surface area contributed by atoms with E-state index in [4.69, 9.17) is 14.3 Å². The summed E-state index contributed by atoms with van der Waals surface area (Å²) >= 11 is 0. The van der Waals surface area contributed by atoms with Crippen molar-refractivity contribution in [2.75, 3.05) is 19.9 Å². The van der Waals surface area contributed by atoms with Crippen LogP contribution in [0.15, 0.2) is 18.2 Å². The molecule has 3 rings (SSSR count). The number of ether oxygens (including phenoxy) is 2. The third-order valence-electron chi connectivity index (χ3n) is 3.17. The Labute approximate surface area is 101 Å². The third kappa shape index (κ3) is 2.53. The Morgan fingerprint density at radius 1 is 1.06 bits per heavy atom. The van der Waals surface area contributed by atoms with Crippen LogP contribution >= 0.6 is 0 Å². The van der Waals surface area contributed by atoms with E-state index in [0.717, 1.165) is 30.2 Å². The molecule has 0 saturated carbocycles. The Bertz CT molecular complexity index is 388. The topological polar surface area (TPSA) is 30.9 Å². The van der Waals surface area contributed by atoms with E-state index in [1.165, 1.54) is 19.3 Å². The molecule has 0 unspecified atom stereocenters. The third-order valence-corrected chi connectivity index (χ3v) is 3.17. The van der Waals surface area contributed by atoms with Crippen LogP contribution in [-0.2, 0) is 11.4 Å². The Kier molecular flexibility index (Phi) is 3.16. The summed E-state index contributed by atoms with van der Waals surface area (Å²) < 4.78 is 10.6. The highest BCUT2D eigenvalue weighted by molar-refractivity contribution is 5.44. The molecule has 1 fully saturated rings. The molecular weight excluding hydrogens is 218 g/mol. The first-order chi connectivity index (χ1) is 8.42. The van der Waals surface area contributed by atoms with E-state index < -0.39 is 0 Å². The van der Waals surface area contributed by atoms with Gasteiger partial charge in [0.25, 0.3) is 0 Å². The van der Waals surface area contributed by atoms with Crippen LogP contribution in [0.25, 0.3) is 0 Å². The molecule has 0 atom stereocenters. The molecule has 0 aromatic heterocycles. The molecule has 2 aliphatic heterocycles.